The summed E-state index contributed by atoms with van der Waals surface area (Å²) in [7, 11) is 0. The Balaban J connectivity index is 1.57. The van der Waals surface area contributed by atoms with Crippen LogP contribution in [0.25, 0.3) is 22.3 Å². The van der Waals surface area contributed by atoms with Crippen LogP contribution in [0.3, 0.4) is 0 Å². The van der Waals surface area contributed by atoms with Gasteiger partial charge in [0.15, 0.2) is 11.6 Å². The van der Waals surface area contributed by atoms with E-state index in [0.717, 1.165) is 33.6 Å². The lowest BCUT2D eigenvalue weighted by molar-refractivity contribution is 0.304. The van der Waals surface area contributed by atoms with Crippen molar-refractivity contribution < 1.29 is 9.47 Å². The van der Waals surface area contributed by atoms with Gasteiger partial charge < -0.3 is 9.47 Å². The summed E-state index contributed by atoms with van der Waals surface area (Å²) in [5, 5.41) is 5.57. The molecule has 0 amide bonds. The molecule has 1 heterocycles. The van der Waals surface area contributed by atoms with Gasteiger partial charge in [-0.05, 0) is 101 Å². The molecule has 0 bridgehead atoms. The van der Waals surface area contributed by atoms with Crippen LogP contribution < -0.4 is 15.0 Å². The van der Waals surface area contributed by atoms with Crippen LogP contribution in [-0.4, -0.2) is 22.5 Å². The van der Waals surface area contributed by atoms with Crippen LogP contribution in [0.1, 0.15) is 54.5 Å². The molecule has 0 N–H and O–H groups in total. The van der Waals surface area contributed by atoms with Crippen molar-refractivity contribution in [3.8, 4) is 22.9 Å². The van der Waals surface area contributed by atoms with Crippen molar-refractivity contribution in [1.29, 1.82) is 0 Å². The second-order valence-electron chi connectivity index (χ2n) is 10.7. The molecule has 8 heteroatoms. The van der Waals surface area contributed by atoms with Gasteiger partial charge in [0.1, 0.15) is 12.4 Å². The third-order valence-electron chi connectivity index (χ3n) is 7.08. The zero-order valence-corrected chi connectivity index (χ0v) is 27.2. The molecule has 6 nitrogen and oxygen atoms in total. The lowest BCUT2D eigenvalue weighted by Crippen LogP contribution is -2.21. The lowest BCUT2D eigenvalue weighted by Gasteiger charge is -2.18. The molecule has 0 saturated carbocycles. The van der Waals surface area contributed by atoms with E-state index in [1.165, 1.54) is 4.68 Å². The molecular formula is C35H33BrClN3O3. The van der Waals surface area contributed by atoms with Gasteiger partial charge in [-0.3, -0.25) is 4.79 Å². The summed E-state index contributed by atoms with van der Waals surface area (Å²) in [5.74, 6) is 2.03. The Kier molecular flexibility index (Phi) is 9.33. The van der Waals surface area contributed by atoms with Gasteiger partial charge in [0.2, 0.25) is 0 Å². The first-order chi connectivity index (χ1) is 20.7. The molecule has 0 spiro atoms. The summed E-state index contributed by atoms with van der Waals surface area (Å²) >= 11 is 10.2. The normalized spacial score (nSPS) is 11.5. The number of aromatic nitrogens is 2. The molecule has 5 aromatic rings. The third kappa shape index (κ3) is 6.68. The number of benzene rings is 4. The van der Waals surface area contributed by atoms with Crippen molar-refractivity contribution in [1.82, 2.24) is 9.66 Å². The molecule has 0 aliphatic carbocycles. The van der Waals surface area contributed by atoms with Gasteiger partial charge in [-0.2, -0.15) is 9.78 Å². The Labute approximate surface area is 265 Å². The number of aryl methyl sites for hydroxylation is 2. The molecule has 0 aliphatic heterocycles. The molecule has 0 unspecified atom stereocenters. The van der Waals surface area contributed by atoms with Crippen LogP contribution in [0.5, 0.6) is 11.5 Å². The summed E-state index contributed by atoms with van der Waals surface area (Å²) in [5.41, 5.74) is 6.03. The number of halogens is 2. The van der Waals surface area contributed by atoms with E-state index >= 15 is 0 Å². The molecule has 0 aliphatic rings. The van der Waals surface area contributed by atoms with E-state index in [-0.39, 0.29) is 11.5 Å². The van der Waals surface area contributed by atoms with Crippen molar-refractivity contribution in [2.24, 2.45) is 5.10 Å². The Hall–Kier alpha value is -3.94. The highest BCUT2D eigenvalue weighted by molar-refractivity contribution is 9.10. The monoisotopic (exact) mass is 657 g/mol. The maximum Gasteiger partial charge on any atom is 0.282 e. The number of rotatable bonds is 9. The van der Waals surface area contributed by atoms with E-state index < -0.39 is 0 Å². The minimum Gasteiger partial charge on any atom is -0.494 e. The number of hydrogen-bond donors (Lipinski definition) is 0. The smallest absolute Gasteiger partial charge is 0.282 e. The fraction of sp³-hybridized carbons (Fsp3) is 0.229. The minimum atomic E-state index is -0.264. The lowest BCUT2D eigenvalue weighted by atomic mass is 9.96. The van der Waals surface area contributed by atoms with E-state index in [1.807, 2.05) is 69.3 Å². The fourth-order valence-corrected chi connectivity index (χ4v) is 5.94. The van der Waals surface area contributed by atoms with Crippen molar-refractivity contribution in [3.63, 3.8) is 0 Å². The second-order valence-corrected chi connectivity index (χ2v) is 12.0. The van der Waals surface area contributed by atoms with E-state index in [9.17, 15) is 4.79 Å². The van der Waals surface area contributed by atoms with Crippen molar-refractivity contribution in [2.45, 2.75) is 47.1 Å². The van der Waals surface area contributed by atoms with Gasteiger partial charge in [0.25, 0.3) is 5.56 Å². The zero-order valence-electron chi connectivity index (χ0n) is 24.8. The highest BCUT2D eigenvalue weighted by Gasteiger charge is 2.19. The van der Waals surface area contributed by atoms with Crippen molar-refractivity contribution in [2.75, 3.05) is 6.61 Å². The molecule has 0 saturated heterocycles. The van der Waals surface area contributed by atoms with Crippen LogP contribution in [0, 0.1) is 13.8 Å². The quantitative estimate of drug-likeness (QED) is 0.148. The Bertz CT molecular complexity index is 1880. The molecule has 0 fully saturated rings. The largest absolute Gasteiger partial charge is 0.494 e. The minimum absolute atomic E-state index is 0.205. The summed E-state index contributed by atoms with van der Waals surface area (Å²) in [6.07, 6.45) is 1.61. The van der Waals surface area contributed by atoms with Gasteiger partial charge >= 0.3 is 0 Å². The Morgan fingerprint density at radius 1 is 1.02 bits per heavy atom. The predicted molar refractivity (Wildman–Crippen MR) is 179 cm³/mol. The molecule has 4 aromatic carbocycles. The van der Waals surface area contributed by atoms with Crippen molar-refractivity contribution >= 4 is 44.6 Å². The standard InChI is InChI=1S/C35H33BrClN3O3/c1-6-42-32-15-23(5)28(18-27(32)21(2)3)34-39-31-13-8-7-12-26(31)35(41)40(34)38-19-25-16-29(36)33(30(37)17-25)43-20-24-11-9-10-22(4)14-24/h7-19,21H,6,20H2,1-5H3. The van der Waals surface area contributed by atoms with Crippen LogP contribution >= 0.6 is 27.5 Å². The molecular weight excluding hydrogens is 626 g/mol. The maximum absolute atomic E-state index is 13.8. The average molecular weight is 659 g/mol. The van der Waals surface area contributed by atoms with Crippen LogP contribution in [0.4, 0.5) is 0 Å². The van der Waals surface area contributed by atoms with E-state index in [4.69, 9.17) is 26.1 Å². The zero-order chi connectivity index (χ0) is 30.7. The molecule has 1 aromatic heterocycles. The van der Waals surface area contributed by atoms with Crippen LogP contribution in [-0.2, 0) is 6.61 Å². The first kappa shape index (κ1) is 30.5. The third-order valence-corrected chi connectivity index (χ3v) is 7.95. The molecule has 5 rings (SSSR count). The highest BCUT2D eigenvalue weighted by atomic mass is 79.9. The summed E-state index contributed by atoms with van der Waals surface area (Å²) < 4.78 is 14.0. The molecule has 0 radical (unpaired) electrons. The van der Waals surface area contributed by atoms with Gasteiger partial charge in [0.05, 0.1) is 33.2 Å². The number of fused-ring (bicyclic) bond motifs is 1. The molecule has 43 heavy (non-hydrogen) atoms. The summed E-state index contributed by atoms with van der Waals surface area (Å²) in [6.45, 7) is 11.2. The maximum atomic E-state index is 13.8. The molecule has 0 atom stereocenters. The first-order valence-electron chi connectivity index (χ1n) is 14.2. The highest BCUT2D eigenvalue weighted by Crippen LogP contribution is 2.36. The van der Waals surface area contributed by atoms with E-state index in [0.29, 0.717) is 50.7 Å². The Morgan fingerprint density at radius 3 is 2.53 bits per heavy atom. The van der Waals surface area contributed by atoms with Crippen LogP contribution in [0.15, 0.2) is 87.2 Å². The second kappa shape index (κ2) is 13.1. The average Bonchev–Trinajstić information content (AvgIpc) is 2.96. The number of nitrogens with zero attached hydrogens (tertiary/aromatic N) is 3. The first-order valence-corrected chi connectivity index (χ1v) is 15.3. The number of para-hydroxylation sites is 1. The number of ether oxygens (including phenoxy) is 2. The predicted octanol–water partition coefficient (Wildman–Crippen LogP) is 9.08. The SMILES string of the molecule is CCOc1cc(C)c(-c2nc3ccccc3c(=O)n2N=Cc2cc(Cl)c(OCc3cccc(C)c3)c(Br)c2)cc1C(C)C. The summed E-state index contributed by atoms with van der Waals surface area (Å²) in [6, 6.07) is 23.1. The van der Waals surface area contributed by atoms with Gasteiger partial charge in [-0.25, -0.2) is 4.98 Å². The van der Waals surface area contributed by atoms with Gasteiger partial charge in [0, 0.05) is 5.56 Å². The topological polar surface area (TPSA) is 65.7 Å². The number of hydrogen-bond acceptors (Lipinski definition) is 5. The van der Waals surface area contributed by atoms with E-state index in [1.54, 1.807) is 18.3 Å². The fourth-order valence-electron chi connectivity index (χ4n) is 4.95. The van der Waals surface area contributed by atoms with E-state index in [2.05, 4.69) is 47.0 Å². The summed E-state index contributed by atoms with van der Waals surface area (Å²) in [4.78, 5) is 18.7. The van der Waals surface area contributed by atoms with Crippen molar-refractivity contribution in [3.05, 3.63) is 120 Å². The molecule has 220 valence electrons. The van der Waals surface area contributed by atoms with Crippen LogP contribution in [0.2, 0.25) is 5.02 Å². The Morgan fingerprint density at radius 2 is 1.81 bits per heavy atom. The van der Waals surface area contributed by atoms with Gasteiger partial charge in [-0.1, -0.05) is 67.4 Å². The van der Waals surface area contributed by atoms with Gasteiger partial charge in [-0.15, -0.1) is 0 Å².